The van der Waals surface area contributed by atoms with E-state index < -0.39 is 10.0 Å². The number of nitrogens with zero attached hydrogens (tertiary/aromatic N) is 3. The Balaban J connectivity index is 1.41. The number of likely N-dealkylation sites (tertiary alicyclic amines) is 1. The summed E-state index contributed by atoms with van der Waals surface area (Å²) in [5.41, 5.74) is 1.19. The van der Waals surface area contributed by atoms with Gasteiger partial charge in [0.25, 0.3) is 5.91 Å². The highest BCUT2D eigenvalue weighted by molar-refractivity contribution is 7.88. The minimum Gasteiger partial charge on any atom is -0.375 e. The first-order valence-electron chi connectivity index (χ1n) is 10.1. The summed E-state index contributed by atoms with van der Waals surface area (Å²) in [5.74, 6) is 0.00505. The lowest BCUT2D eigenvalue weighted by Crippen LogP contribution is -2.55. The van der Waals surface area contributed by atoms with Gasteiger partial charge in [0.2, 0.25) is 10.0 Å². The maximum atomic E-state index is 12.7. The number of carbonyl (C=O) groups excluding carboxylic acids is 1. The predicted molar refractivity (Wildman–Crippen MR) is 106 cm³/mol. The smallest absolute Gasteiger partial charge is 0.255 e. The van der Waals surface area contributed by atoms with Crippen molar-refractivity contribution in [3.63, 3.8) is 0 Å². The lowest BCUT2D eigenvalue weighted by atomic mass is 9.82. The molecule has 0 bridgehead atoms. The zero-order valence-corrected chi connectivity index (χ0v) is 17.5. The van der Waals surface area contributed by atoms with Crippen molar-refractivity contribution < 1.29 is 17.9 Å². The Kier molecular flexibility index (Phi) is 5.22. The Hall–Kier alpha value is -1.51. The molecule has 1 aromatic heterocycles. The molecular weight excluding hydrogens is 378 g/mol. The van der Waals surface area contributed by atoms with Gasteiger partial charge in [0.15, 0.2) is 0 Å². The molecule has 8 heteroatoms. The Labute approximate surface area is 167 Å². The van der Waals surface area contributed by atoms with Gasteiger partial charge in [-0.05, 0) is 57.6 Å². The molecule has 3 heterocycles. The molecule has 0 radical (unpaired) electrons. The topological polar surface area (TPSA) is 79.8 Å². The molecule has 4 rings (SSSR count). The first-order valence-corrected chi connectivity index (χ1v) is 12.0. The summed E-state index contributed by atoms with van der Waals surface area (Å²) < 4.78 is 32.6. The molecule has 1 aromatic rings. The van der Waals surface area contributed by atoms with Crippen molar-refractivity contribution in [3.05, 3.63) is 29.6 Å². The fraction of sp³-hybridized carbons (Fsp3) is 0.700. The molecule has 1 atom stereocenters. The average Bonchev–Trinajstić information content (AvgIpc) is 3.46. The molecule has 0 aromatic carbocycles. The highest BCUT2D eigenvalue weighted by atomic mass is 32.2. The first-order chi connectivity index (χ1) is 13.3. The van der Waals surface area contributed by atoms with Crippen LogP contribution in [0.3, 0.4) is 0 Å². The van der Waals surface area contributed by atoms with E-state index in [9.17, 15) is 13.2 Å². The number of amides is 1. The van der Waals surface area contributed by atoms with E-state index in [0.29, 0.717) is 25.3 Å². The molecule has 0 N–H and O–H groups in total. The standard InChI is InChI=1S/C20H29N3O4S/c1-15-3-4-16(14-21-15)19(24)22-10-8-20(9-11-22)13-18(7-12-27-20)23(17-5-6-17)28(2,25)26/h3-4,14,17-18H,5-13H2,1-2H3. The number of hydrogen-bond acceptors (Lipinski definition) is 5. The number of hydrogen-bond donors (Lipinski definition) is 0. The molecule has 154 valence electrons. The Morgan fingerprint density at radius 2 is 1.93 bits per heavy atom. The SMILES string of the molecule is Cc1ccc(C(=O)N2CCC3(CC2)CC(N(C2CC2)S(C)(=O)=O)CCO3)cn1. The van der Waals surface area contributed by atoms with Crippen LogP contribution in [0.15, 0.2) is 18.3 Å². The summed E-state index contributed by atoms with van der Waals surface area (Å²) in [6.45, 7) is 3.74. The van der Waals surface area contributed by atoms with E-state index in [1.807, 2.05) is 24.0 Å². The molecule has 2 aliphatic heterocycles. The van der Waals surface area contributed by atoms with Crippen LogP contribution in [0.1, 0.15) is 54.6 Å². The number of piperidine rings is 1. The van der Waals surface area contributed by atoms with Crippen LogP contribution in [0.5, 0.6) is 0 Å². The second-order valence-corrected chi connectivity index (χ2v) is 10.4. The van der Waals surface area contributed by atoms with Gasteiger partial charge in [-0.25, -0.2) is 8.42 Å². The van der Waals surface area contributed by atoms with Gasteiger partial charge in [-0.15, -0.1) is 0 Å². The van der Waals surface area contributed by atoms with E-state index in [1.54, 1.807) is 10.5 Å². The predicted octanol–water partition coefficient (Wildman–Crippen LogP) is 1.97. The van der Waals surface area contributed by atoms with Crippen molar-refractivity contribution in [2.45, 2.75) is 63.1 Å². The Morgan fingerprint density at radius 1 is 1.21 bits per heavy atom. The third-order valence-corrected chi connectivity index (χ3v) is 7.60. The summed E-state index contributed by atoms with van der Waals surface area (Å²) in [4.78, 5) is 18.8. The molecule has 1 unspecified atom stereocenters. The molecule has 2 saturated heterocycles. The zero-order valence-electron chi connectivity index (χ0n) is 16.6. The molecular formula is C20H29N3O4S. The summed E-state index contributed by atoms with van der Waals surface area (Å²) in [7, 11) is -3.21. The minimum atomic E-state index is -3.21. The lowest BCUT2D eigenvalue weighted by molar-refractivity contribution is -0.123. The molecule has 1 saturated carbocycles. The van der Waals surface area contributed by atoms with Crippen molar-refractivity contribution in [1.29, 1.82) is 0 Å². The highest BCUT2D eigenvalue weighted by Crippen LogP contribution is 2.41. The van der Waals surface area contributed by atoms with Crippen molar-refractivity contribution in [2.24, 2.45) is 0 Å². The maximum absolute atomic E-state index is 12.7. The monoisotopic (exact) mass is 407 g/mol. The highest BCUT2D eigenvalue weighted by Gasteiger charge is 2.47. The van der Waals surface area contributed by atoms with Crippen molar-refractivity contribution in [2.75, 3.05) is 26.0 Å². The van der Waals surface area contributed by atoms with E-state index in [0.717, 1.165) is 44.2 Å². The second kappa shape index (κ2) is 7.39. The first kappa shape index (κ1) is 19.8. The quantitative estimate of drug-likeness (QED) is 0.762. The number of sulfonamides is 1. The van der Waals surface area contributed by atoms with Crippen LogP contribution in [-0.4, -0.2) is 72.2 Å². The van der Waals surface area contributed by atoms with Crippen molar-refractivity contribution in [1.82, 2.24) is 14.2 Å². The molecule has 3 fully saturated rings. The number of rotatable bonds is 4. The van der Waals surface area contributed by atoms with Gasteiger partial charge < -0.3 is 9.64 Å². The van der Waals surface area contributed by atoms with Crippen LogP contribution in [0, 0.1) is 6.92 Å². The van der Waals surface area contributed by atoms with E-state index in [1.165, 1.54) is 6.26 Å². The maximum Gasteiger partial charge on any atom is 0.255 e. The molecule has 1 amide bonds. The second-order valence-electron chi connectivity index (χ2n) is 8.48. The van der Waals surface area contributed by atoms with Gasteiger partial charge in [-0.3, -0.25) is 9.78 Å². The summed E-state index contributed by atoms with van der Waals surface area (Å²) in [6, 6.07) is 3.86. The summed E-state index contributed by atoms with van der Waals surface area (Å²) >= 11 is 0. The number of aryl methyl sites for hydroxylation is 1. The van der Waals surface area contributed by atoms with Crippen LogP contribution in [0.25, 0.3) is 0 Å². The third-order valence-electron chi connectivity index (χ3n) is 6.24. The normalized spacial score (nSPS) is 25.2. The zero-order chi connectivity index (χ0) is 19.9. The Morgan fingerprint density at radius 3 is 2.50 bits per heavy atom. The fourth-order valence-corrected chi connectivity index (χ4v) is 6.10. The van der Waals surface area contributed by atoms with Gasteiger partial charge in [0.05, 0.1) is 17.4 Å². The largest absolute Gasteiger partial charge is 0.375 e. The fourth-order valence-electron chi connectivity index (χ4n) is 4.63. The van der Waals surface area contributed by atoms with Crippen molar-refractivity contribution in [3.8, 4) is 0 Å². The molecule has 1 aliphatic carbocycles. The van der Waals surface area contributed by atoms with E-state index in [2.05, 4.69) is 4.98 Å². The lowest BCUT2D eigenvalue weighted by Gasteiger charge is -2.48. The summed E-state index contributed by atoms with van der Waals surface area (Å²) in [6.07, 6.45) is 7.86. The molecule has 3 aliphatic rings. The van der Waals surface area contributed by atoms with Crippen molar-refractivity contribution >= 4 is 15.9 Å². The van der Waals surface area contributed by atoms with Crippen LogP contribution in [0.4, 0.5) is 0 Å². The minimum absolute atomic E-state index is 0.00505. The molecule has 7 nitrogen and oxygen atoms in total. The number of carbonyl (C=O) groups is 1. The van der Waals surface area contributed by atoms with Crippen LogP contribution < -0.4 is 0 Å². The number of aromatic nitrogens is 1. The van der Waals surface area contributed by atoms with Gasteiger partial charge in [-0.1, -0.05) is 0 Å². The van der Waals surface area contributed by atoms with Gasteiger partial charge in [0.1, 0.15) is 0 Å². The molecule has 1 spiro atoms. The van der Waals surface area contributed by atoms with Gasteiger partial charge in [0, 0.05) is 43.7 Å². The number of pyridine rings is 1. The summed E-state index contributed by atoms with van der Waals surface area (Å²) in [5, 5.41) is 0. The van der Waals surface area contributed by atoms with Crippen LogP contribution in [-0.2, 0) is 14.8 Å². The number of ether oxygens (including phenoxy) is 1. The molecule has 28 heavy (non-hydrogen) atoms. The van der Waals surface area contributed by atoms with E-state index in [-0.39, 0.29) is 23.6 Å². The third kappa shape index (κ3) is 4.09. The average molecular weight is 408 g/mol. The van der Waals surface area contributed by atoms with Gasteiger partial charge >= 0.3 is 0 Å². The van der Waals surface area contributed by atoms with Crippen LogP contribution in [0.2, 0.25) is 0 Å². The Bertz CT molecular complexity index is 828. The van der Waals surface area contributed by atoms with Crippen LogP contribution >= 0.6 is 0 Å². The van der Waals surface area contributed by atoms with Gasteiger partial charge in [-0.2, -0.15) is 4.31 Å². The van der Waals surface area contributed by atoms with E-state index in [4.69, 9.17) is 4.74 Å². The van der Waals surface area contributed by atoms with E-state index >= 15 is 0 Å².